The van der Waals surface area contributed by atoms with Crippen molar-refractivity contribution in [3.05, 3.63) is 0 Å². The Labute approximate surface area is 78.7 Å². The summed E-state index contributed by atoms with van der Waals surface area (Å²) in [6, 6.07) is 0. The van der Waals surface area contributed by atoms with Crippen LogP contribution in [0.2, 0.25) is 0 Å². The van der Waals surface area contributed by atoms with Crippen LogP contribution in [0.25, 0.3) is 0 Å². The van der Waals surface area contributed by atoms with Crippen LogP contribution in [0.15, 0.2) is 0 Å². The first-order valence-corrected chi connectivity index (χ1v) is 4.65. The molecule has 0 aromatic rings. The summed E-state index contributed by atoms with van der Waals surface area (Å²) < 4.78 is 31.2. The van der Waals surface area contributed by atoms with Crippen molar-refractivity contribution >= 4 is 17.5 Å². The van der Waals surface area contributed by atoms with E-state index in [0.717, 1.165) is 0 Å². The number of rotatable bonds is 6. The van der Waals surface area contributed by atoms with Gasteiger partial charge in [-0.3, -0.25) is 8.74 Å². The number of hydrogen-bond acceptors (Lipinski definition) is 5. The van der Waals surface area contributed by atoms with Crippen molar-refractivity contribution in [2.75, 3.05) is 20.3 Å². The van der Waals surface area contributed by atoms with E-state index in [1.165, 1.54) is 7.11 Å². The van der Waals surface area contributed by atoms with E-state index in [-0.39, 0.29) is 13.2 Å². The van der Waals surface area contributed by atoms with Crippen molar-refractivity contribution in [1.29, 1.82) is 0 Å². The Balaban J connectivity index is 3.08. The topological polar surface area (TPSA) is 82.1 Å². The van der Waals surface area contributed by atoms with Crippen LogP contribution in [0.3, 0.4) is 0 Å². The number of carbonyl (C=O) groups is 1. The molecule has 0 fully saturated rings. The zero-order valence-corrected chi connectivity index (χ0v) is 8.04. The van der Waals surface area contributed by atoms with Gasteiger partial charge in [0.1, 0.15) is 0 Å². The second-order valence-corrected chi connectivity index (χ2v) is 2.72. The maximum atomic E-state index is 10.4. The first kappa shape index (κ1) is 12.3. The van der Waals surface area contributed by atoms with Gasteiger partial charge in [-0.2, -0.15) is 4.21 Å². The Morgan fingerprint density at radius 1 is 1.38 bits per heavy atom. The Morgan fingerprint density at radius 3 is 2.54 bits per heavy atom. The van der Waals surface area contributed by atoms with Crippen LogP contribution in [0.5, 0.6) is 0 Å². The van der Waals surface area contributed by atoms with Crippen molar-refractivity contribution < 1.29 is 27.2 Å². The van der Waals surface area contributed by atoms with Crippen LogP contribution in [0, 0.1) is 0 Å². The lowest BCUT2D eigenvalue weighted by molar-refractivity contribution is 0.0705. The van der Waals surface area contributed by atoms with Crippen molar-refractivity contribution in [3.63, 3.8) is 0 Å². The number of hydrogen-bond donors (Lipinski definition) is 1. The van der Waals surface area contributed by atoms with Crippen LogP contribution < -0.4 is 0 Å². The van der Waals surface area contributed by atoms with Gasteiger partial charge in [-0.1, -0.05) is 0 Å². The minimum atomic E-state index is -2.21. The van der Waals surface area contributed by atoms with Gasteiger partial charge in [0, 0.05) is 0 Å². The van der Waals surface area contributed by atoms with Crippen LogP contribution in [0.1, 0.15) is 12.8 Å². The molecule has 0 rings (SSSR count). The molecule has 0 aliphatic heterocycles. The molecule has 0 spiro atoms. The molecule has 0 aromatic carbocycles. The van der Waals surface area contributed by atoms with E-state index in [1.54, 1.807) is 0 Å². The largest absolute Gasteiger partial charge is 0.507 e. The molecule has 0 aromatic heterocycles. The van der Waals surface area contributed by atoms with Gasteiger partial charge < -0.3 is 9.47 Å². The molecule has 0 heterocycles. The smallest absolute Gasteiger partial charge is 0.438 e. The third-order valence-corrected chi connectivity index (χ3v) is 1.48. The van der Waals surface area contributed by atoms with E-state index in [9.17, 15) is 9.00 Å². The molecule has 13 heavy (non-hydrogen) atoms. The highest BCUT2D eigenvalue weighted by molar-refractivity contribution is 7.74. The van der Waals surface area contributed by atoms with Crippen LogP contribution in [-0.2, 0) is 25.0 Å². The number of ether oxygens (including phenoxy) is 2. The highest BCUT2D eigenvalue weighted by atomic mass is 32.2. The standard InChI is InChI=1S/C6H12O6S/c1-10-6(7)11-4-2-3-5-12-13(8)9/h2-5H2,1H3,(H,8,9). The highest BCUT2D eigenvalue weighted by Crippen LogP contribution is 1.93. The van der Waals surface area contributed by atoms with Gasteiger partial charge in [0.2, 0.25) is 0 Å². The second kappa shape index (κ2) is 7.96. The van der Waals surface area contributed by atoms with Gasteiger partial charge in [0.05, 0.1) is 20.3 Å². The lowest BCUT2D eigenvalue weighted by Crippen LogP contribution is -2.06. The lowest BCUT2D eigenvalue weighted by atomic mass is 10.3. The Kier molecular flexibility index (Phi) is 7.56. The molecule has 0 bridgehead atoms. The normalized spacial score (nSPS) is 12.2. The average Bonchev–Trinajstić information content (AvgIpc) is 2.10. The van der Waals surface area contributed by atoms with E-state index in [2.05, 4.69) is 13.7 Å². The molecule has 6 nitrogen and oxygen atoms in total. The minimum absolute atomic E-state index is 0.160. The molecule has 0 aliphatic carbocycles. The number of carbonyl (C=O) groups excluding carboxylic acids is 1. The van der Waals surface area contributed by atoms with Crippen molar-refractivity contribution in [3.8, 4) is 0 Å². The molecule has 0 saturated heterocycles. The first-order chi connectivity index (χ1) is 6.16. The molecule has 1 atom stereocenters. The molecule has 0 radical (unpaired) electrons. The Morgan fingerprint density at radius 2 is 2.00 bits per heavy atom. The quantitative estimate of drug-likeness (QED) is 0.396. The summed E-state index contributed by atoms with van der Waals surface area (Å²) >= 11 is -2.21. The monoisotopic (exact) mass is 212 g/mol. The van der Waals surface area contributed by atoms with Crippen LogP contribution >= 0.6 is 0 Å². The number of unbranched alkanes of at least 4 members (excludes halogenated alkanes) is 1. The SMILES string of the molecule is COC(=O)OCCCCOS(=O)O. The first-order valence-electron chi connectivity index (χ1n) is 3.61. The highest BCUT2D eigenvalue weighted by Gasteiger charge is 1.99. The third kappa shape index (κ3) is 9.25. The maximum absolute atomic E-state index is 10.4. The molecule has 1 unspecified atom stereocenters. The van der Waals surface area contributed by atoms with Crippen molar-refractivity contribution in [2.45, 2.75) is 12.8 Å². The Bertz CT molecular complexity index is 171. The summed E-state index contributed by atoms with van der Waals surface area (Å²) in [5, 5.41) is 0. The molecular weight excluding hydrogens is 200 g/mol. The van der Waals surface area contributed by atoms with Crippen molar-refractivity contribution in [1.82, 2.24) is 0 Å². The molecule has 1 N–H and O–H groups in total. The summed E-state index contributed by atoms with van der Waals surface area (Å²) in [4.78, 5) is 10.4. The summed E-state index contributed by atoms with van der Waals surface area (Å²) in [5.41, 5.74) is 0. The maximum Gasteiger partial charge on any atom is 0.507 e. The molecule has 0 saturated carbocycles. The summed E-state index contributed by atoms with van der Waals surface area (Å²) in [7, 11) is 1.22. The van der Waals surface area contributed by atoms with Gasteiger partial charge in [-0.05, 0) is 12.8 Å². The van der Waals surface area contributed by atoms with E-state index < -0.39 is 17.5 Å². The number of methoxy groups -OCH3 is 1. The van der Waals surface area contributed by atoms with E-state index in [0.29, 0.717) is 12.8 Å². The van der Waals surface area contributed by atoms with Gasteiger partial charge in [0.15, 0.2) is 0 Å². The van der Waals surface area contributed by atoms with Gasteiger partial charge in [-0.25, -0.2) is 4.79 Å². The average molecular weight is 212 g/mol. The van der Waals surface area contributed by atoms with Gasteiger partial charge in [0.25, 0.3) is 0 Å². The zero-order valence-electron chi connectivity index (χ0n) is 7.23. The molecule has 78 valence electrons. The van der Waals surface area contributed by atoms with Crippen molar-refractivity contribution in [2.24, 2.45) is 0 Å². The molecule has 7 heteroatoms. The summed E-state index contributed by atoms with van der Waals surface area (Å²) in [6.45, 7) is 0.377. The van der Waals surface area contributed by atoms with Gasteiger partial charge >= 0.3 is 17.5 Å². The lowest BCUT2D eigenvalue weighted by Gasteiger charge is -2.01. The fraction of sp³-hybridized carbons (Fsp3) is 0.833. The fourth-order valence-corrected chi connectivity index (χ4v) is 0.809. The predicted molar refractivity (Wildman–Crippen MR) is 44.3 cm³/mol. The third-order valence-electron chi connectivity index (χ3n) is 1.11. The van der Waals surface area contributed by atoms with Gasteiger partial charge in [-0.15, -0.1) is 0 Å². The molecule has 0 aliphatic rings. The zero-order chi connectivity index (χ0) is 10.1. The summed E-state index contributed by atoms with van der Waals surface area (Å²) in [6.07, 6.45) is 0.377. The van der Waals surface area contributed by atoms with E-state index >= 15 is 0 Å². The van der Waals surface area contributed by atoms with E-state index in [1.807, 2.05) is 0 Å². The second-order valence-electron chi connectivity index (χ2n) is 2.05. The molecular formula is C6H12O6S. The van der Waals surface area contributed by atoms with Crippen LogP contribution in [0.4, 0.5) is 4.79 Å². The minimum Gasteiger partial charge on any atom is -0.438 e. The Hall–Kier alpha value is -0.660. The predicted octanol–water partition coefficient (Wildman–Crippen LogP) is 0.703. The molecule has 0 amide bonds. The fourth-order valence-electron chi connectivity index (χ4n) is 0.549. The van der Waals surface area contributed by atoms with Crippen LogP contribution in [-0.4, -0.2) is 35.2 Å². The van der Waals surface area contributed by atoms with E-state index in [4.69, 9.17) is 4.55 Å². The summed E-state index contributed by atoms with van der Waals surface area (Å²) in [5.74, 6) is 0.